The molecule has 0 saturated carbocycles. The summed E-state index contributed by atoms with van der Waals surface area (Å²) in [5, 5.41) is 23.0. The number of aliphatic hydroxyl groups is 1. The molecule has 2 N–H and O–H groups in total. The number of nitrogens with zero attached hydrogens (tertiary/aromatic N) is 1. The number of rotatable bonds is 7. The minimum Gasteiger partial charge on any atom is -0.487 e. The molecule has 0 heterocycles. The minimum atomic E-state index is -0.697. The van der Waals surface area contributed by atoms with Gasteiger partial charge in [0.15, 0.2) is 5.75 Å². The third kappa shape index (κ3) is 4.05. The molecule has 6 nitrogen and oxygen atoms in total. The van der Waals surface area contributed by atoms with Crippen molar-refractivity contribution in [2.75, 3.05) is 24.3 Å². The van der Waals surface area contributed by atoms with E-state index in [0.717, 1.165) is 0 Å². The summed E-state index contributed by atoms with van der Waals surface area (Å²) in [6, 6.07) is 4.54. The third-order valence-electron chi connectivity index (χ3n) is 2.18. The van der Waals surface area contributed by atoms with Crippen LogP contribution in [0, 0.1) is 10.1 Å². The van der Waals surface area contributed by atoms with Gasteiger partial charge in [-0.25, -0.2) is 0 Å². The zero-order valence-corrected chi connectivity index (χ0v) is 10.7. The average molecular weight is 275 g/mol. The number of halogens is 1. The summed E-state index contributed by atoms with van der Waals surface area (Å²) >= 11 is 5.45. The van der Waals surface area contributed by atoms with Gasteiger partial charge in [-0.15, -0.1) is 11.6 Å². The Hall–Kier alpha value is -1.53. The minimum absolute atomic E-state index is 0.103. The lowest BCUT2D eigenvalue weighted by Gasteiger charge is -2.11. The number of benzene rings is 1. The Balaban J connectivity index is 2.83. The highest BCUT2D eigenvalue weighted by molar-refractivity contribution is 6.18. The van der Waals surface area contributed by atoms with Gasteiger partial charge >= 0.3 is 5.69 Å². The number of ether oxygens (including phenoxy) is 1. The second-order valence-electron chi connectivity index (χ2n) is 3.56. The molecule has 0 radical (unpaired) electrons. The molecule has 1 rings (SSSR count). The van der Waals surface area contributed by atoms with Crippen LogP contribution in [0.5, 0.6) is 5.75 Å². The lowest BCUT2D eigenvalue weighted by Crippen LogP contribution is -2.20. The van der Waals surface area contributed by atoms with Crippen molar-refractivity contribution in [1.29, 1.82) is 0 Å². The first-order valence-electron chi connectivity index (χ1n) is 5.47. The van der Waals surface area contributed by atoms with Crippen LogP contribution in [-0.2, 0) is 0 Å². The van der Waals surface area contributed by atoms with Gasteiger partial charge in [0.2, 0.25) is 0 Å². The third-order valence-corrected chi connectivity index (χ3v) is 2.53. The van der Waals surface area contributed by atoms with E-state index in [1.165, 1.54) is 12.1 Å². The summed E-state index contributed by atoms with van der Waals surface area (Å²) in [6.45, 7) is 2.35. The molecule has 100 valence electrons. The standard InChI is InChI=1S/C11H15ClN2O4/c1-2-18-11-4-3-8(5-10(11)14(16)17)13-7-9(15)6-12/h3-5,9,13,15H,2,6-7H2,1H3. The fraction of sp³-hybridized carbons (Fsp3) is 0.455. The molecule has 7 heteroatoms. The SMILES string of the molecule is CCOc1ccc(NCC(O)CCl)cc1[N+](=O)[O-]. The monoisotopic (exact) mass is 274 g/mol. The van der Waals surface area contributed by atoms with Crippen molar-refractivity contribution in [2.45, 2.75) is 13.0 Å². The van der Waals surface area contributed by atoms with Crippen LogP contribution in [0.15, 0.2) is 18.2 Å². The van der Waals surface area contributed by atoms with Gasteiger partial charge in [-0.3, -0.25) is 10.1 Å². The van der Waals surface area contributed by atoms with Crippen LogP contribution in [0.2, 0.25) is 0 Å². The molecule has 0 aromatic heterocycles. The van der Waals surface area contributed by atoms with Crippen LogP contribution in [0.1, 0.15) is 6.92 Å². The Morgan fingerprint density at radius 2 is 2.33 bits per heavy atom. The fourth-order valence-corrected chi connectivity index (χ4v) is 1.45. The number of anilines is 1. The molecule has 0 bridgehead atoms. The van der Waals surface area contributed by atoms with Crippen molar-refractivity contribution in [1.82, 2.24) is 0 Å². The maximum Gasteiger partial charge on any atom is 0.312 e. The Morgan fingerprint density at radius 3 is 2.89 bits per heavy atom. The number of hydrogen-bond acceptors (Lipinski definition) is 5. The van der Waals surface area contributed by atoms with Crippen LogP contribution >= 0.6 is 11.6 Å². The maximum atomic E-state index is 10.9. The van der Waals surface area contributed by atoms with Crippen LogP contribution in [0.25, 0.3) is 0 Å². The fourth-order valence-electron chi connectivity index (χ4n) is 1.34. The van der Waals surface area contributed by atoms with E-state index in [1.54, 1.807) is 13.0 Å². The number of nitro groups is 1. The molecule has 0 spiro atoms. The molecule has 1 unspecified atom stereocenters. The number of nitrogens with one attached hydrogen (secondary N) is 1. The molecular weight excluding hydrogens is 260 g/mol. The van der Waals surface area contributed by atoms with E-state index >= 15 is 0 Å². The van der Waals surface area contributed by atoms with Gasteiger partial charge in [0, 0.05) is 18.3 Å². The van der Waals surface area contributed by atoms with E-state index in [1.807, 2.05) is 0 Å². The van der Waals surface area contributed by atoms with E-state index in [9.17, 15) is 15.2 Å². The lowest BCUT2D eigenvalue weighted by molar-refractivity contribution is -0.385. The smallest absolute Gasteiger partial charge is 0.312 e. The van der Waals surface area contributed by atoms with Crippen LogP contribution in [0.4, 0.5) is 11.4 Å². The highest BCUT2D eigenvalue weighted by Gasteiger charge is 2.15. The van der Waals surface area contributed by atoms with Crippen molar-refractivity contribution >= 4 is 23.0 Å². The summed E-state index contributed by atoms with van der Waals surface area (Å²) < 4.78 is 5.16. The molecule has 1 atom stereocenters. The summed E-state index contributed by atoms with van der Waals surface area (Å²) in [4.78, 5) is 10.4. The van der Waals surface area contributed by atoms with Gasteiger partial charge in [0.05, 0.1) is 23.5 Å². The first-order chi connectivity index (χ1) is 8.58. The zero-order chi connectivity index (χ0) is 13.5. The van der Waals surface area contributed by atoms with Crippen LogP contribution in [0.3, 0.4) is 0 Å². The second kappa shape index (κ2) is 7.03. The van der Waals surface area contributed by atoms with Gasteiger partial charge < -0.3 is 15.2 Å². The molecule has 1 aromatic carbocycles. The summed E-state index contributed by atoms with van der Waals surface area (Å²) in [5.74, 6) is 0.331. The number of alkyl halides is 1. The van der Waals surface area contributed by atoms with E-state index in [2.05, 4.69) is 5.32 Å². The van der Waals surface area contributed by atoms with Gasteiger partial charge in [0.1, 0.15) is 0 Å². The molecule has 0 saturated heterocycles. The number of aliphatic hydroxyl groups excluding tert-OH is 1. The molecule has 0 aliphatic rings. The second-order valence-corrected chi connectivity index (χ2v) is 3.87. The Kier molecular flexibility index (Phi) is 5.67. The van der Waals surface area contributed by atoms with E-state index in [-0.39, 0.29) is 23.9 Å². The highest BCUT2D eigenvalue weighted by atomic mass is 35.5. The summed E-state index contributed by atoms with van der Waals surface area (Å²) in [7, 11) is 0. The first kappa shape index (κ1) is 14.5. The van der Waals surface area contributed by atoms with Gasteiger partial charge in [-0.05, 0) is 19.1 Å². The van der Waals surface area contributed by atoms with Crippen LogP contribution in [-0.4, -0.2) is 35.2 Å². The van der Waals surface area contributed by atoms with Crippen LogP contribution < -0.4 is 10.1 Å². The van der Waals surface area contributed by atoms with Crippen molar-refractivity contribution in [2.24, 2.45) is 0 Å². The van der Waals surface area contributed by atoms with Gasteiger partial charge in [-0.1, -0.05) is 0 Å². The summed E-state index contributed by atoms with van der Waals surface area (Å²) in [6.07, 6.45) is -0.697. The van der Waals surface area contributed by atoms with E-state index in [4.69, 9.17) is 16.3 Å². The average Bonchev–Trinajstić information content (AvgIpc) is 2.37. The summed E-state index contributed by atoms with van der Waals surface area (Å²) in [5.41, 5.74) is 0.427. The number of nitro benzene ring substituents is 1. The predicted octanol–water partition coefficient (Wildman–Crippen LogP) is 2.01. The van der Waals surface area contributed by atoms with E-state index < -0.39 is 11.0 Å². The molecule has 18 heavy (non-hydrogen) atoms. The van der Waals surface area contributed by atoms with Crippen molar-refractivity contribution in [3.63, 3.8) is 0 Å². The largest absolute Gasteiger partial charge is 0.487 e. The Labute approximate surface area is 110 Å². The quantitative estimate of drug-likeness (QED) is 0.451. The Morgan fingerprint density at radius 1 is 1.61 bits per heavy atom. The predicted molar refractivity (Wildman–Crippen MR) is 69.5 cm³/mol. The molecule has 0 fully saturated rings. The van der Waals surface area contributed by atoms with Crippen molar-refractivity contribution in [3.8, 4) is 5.75 Å². The highest BCUT2D eigenvalue weighted by Crippen LogP contribution is 2.29. The normalized spacial score (nSPS) is 11.9. The first-order valence-corrected chi connectivity index (χ1v) is 6.01. The van der Waals surface area contributed by atoms with Gasteiger partial charge in [0.25, 0.3) is 0 Å². The molecule has 0 aliphatic carbocycles. The topological polar surface area (TPSA) is 84.6 Å². The molecule has 1 aromatic rings. The molecular formula is C11H15ClN2O4. The van der Waals surface area contributed by atoms with Gasteiger partial charge in [-0.2, -0.15) is 0 Å². The Bertz CT molecular complexity index is 414. The lowest BCUT2D eigenvalue weighted by atomic mass is 10.2. The number of hydrogen-bond donors (Lipinski definition) is 2. The van der Waals surface area contributed by atoms with Crippen molar-refractivity contribution in [3.05, 3.63) is 28.3 Å². The zero-order valence-electron chi connectivity index (χ0n) is 9.93. The van der Waals surface area contributed by atoms with E-state index in [0.29, 0.717) is 12.3 Å². The maximum absolute atomic E-state index is 10.9. The van der Waals surface area contributed by atoms with Crippen molar-refractivity contribution < 1.29 is 14.8 Å². The molecule has 0 aliphatic heterocycles. The molecule has 0 amide bonds.